The molecule has 21 heavy (non-hydrogen) atoms. The monoisotopic (exact) mass is 309 g/mol. The number of aryl methyl sites for hydroxylation is 2. The Bertz CT molecular complexity index is 530. The molecule has 114 valence electrons. The Balaban J connectivity index is 1.57. The van der Waals surface area contributed by atoms with Gasteiger partial charge in [-0.1, -0.05) is 0 Å². The third-order valence-electron chi connectivity index (χ3n) is 3.97. The first-order chi connectivity index (χ1) is 10.1. The number of anilines is 1. The predicted octanol–water partition coefficient (Wildman–Crippen LogP) is 2.40. The molecule has 7 heteroatoms. The van der Waals surface area contributed by atoms with Gasteiger partial charge in [0.15, 0.2) is 5.13 Å². The Morgan fingerprint density at radius 3 is 2.76 bits per heavy atom. The fourth-order valence-corrected chi connectivity index (χ4v) is 3.77. The molecule has 3 N–H and O–H groups in total. The molecule has 0 aliphatic heterocycles. The van der Waals surface area contributed by atoms with Crippen LogP contribution in [0.2, 0.25) is 0 Å². The van der Waals surface area contributed by atoms with E-state index in [2.05, 4.69) is 15.6 Å². The molecule has 1 aromatic rings. The summed E-state index contributed by atoms with van der Waals surface area (Å²) in [5, 5.41) is 15.0. The molecular weight excluding hydrogens is 290 g/mol. The molecular formula is C14H19N3O3S. The van der Waals surface area contributed by atoms with Gasteiger partial charge in [0, 0.05) is 10.9 Å². The summed E-state index contributed by atoms with van der Waals surface area (Å²) in [6.45, 7) is 0. The third kappa shape index (κ3) is 3.72. The highest BCUT2D eigenvalue weighted by atomic mass is 32.1. The van der Waals surface area contributed by atoms with Crippen LogP contribution in [0.5, 0.6) is 0 Å². The maximum atomic E-state index is 12.0. The maximum Gasteiger partial charge on any atom is 0.321 e. The van der Waals surface area contributed by atoms with E-state index < -0.39 is 5.97 Å². The van der Waals surface area contributed by atoms with Crippen LogP contribution in [-0.4, -0.2) is 28.1 Å². The van der Waals surface area contributed by atoms with Gasteiger partial charge in [-0.3, -0.25) is 10.1 Å². The van der Waals surface area contributed by atoms with Crippen LogP contribution in [0.25, 0.3) is 0 Å². The normalized spacial score (nSPS) is 18.7. The van der Waals surface area contributed by atoms with Crippen LogP contribution in [0.15, 0.2) is 0 Å². The highest BCUT2D eigenvalue weighted by Crippen LogP contribution is 2.34. The molecule has 6 nitrogen and oxygen atoms in total. The van der Waals surface area contributed by atoms with E-state index in [9.17, 15) is 9.59 Å². The number of carbonyl (C=O) groups is 2. The predicted molar refractivity (Wildman–Crippen MR) is 79.7 cm³/mol. The topological polar surface area (TPSA) is 91.3 Å². The quantitative estimate of drug-likeness (QED) is 0.779. The highest BCUT2D eigenvalue weighted by Gasteiger charge is 2.33. The number of carbonyl (C=O) groups excluding carboxylic acids is 1. The number of amides is 2. The number of hydrogen-bond acceptors (Lipinski definition) is 4. The second-order valence-corrected chi connectivity index (χ2v) is 6.82. The second-order valence-electron chi connectivity index (χ2n) is 5.74. The minimum absolute atomic E-state index is 0.0214. The Kier molecular flexibility index (Phi) is 4.10. The lowest BCUT2D eigenvalue weighted by Crippen LogP contribution is -2.40. The van der Waals surface area contributed by atoms with E-state index in [1.807, 2.05) is 0 Å². The van der Waals surface area contributed by atoms with Crippen molar-refractivity contribution in [3.63, 3.8) is 0 Å². The molecule has 0 saturated heterocycles. The Morgan fingerprint density at radius 2 is 2.10 bits per heavy atom. The van der Waals surface area contributed by atoms with Gasteiger partial charge >= 0.3 is 12.0 Å². The lowest BCUT2D eigenvalue weighted by atomic mass is 10.0. The molecule has 1 aromatic heterocycles. The van der Waals surface area contributed by atoms with E-state index in [1.54, 1.807) is 0 Å². The number of thiazole rings is 1. The largest absolute Gasteiger partial charge is 0.481 e. The highest BCUT2D eigenvalue weighted by molar-refractivity contribution is 7.15. The molecule has 1 fully saturated rings. The minimum atomic E-state index is -0.878. The number of hydrogen-bond donors (Lipinski definition) is 3. The number of fused-ring (bicyclic) bond motifs is 1. The van der Waals surface area contributed by atoms with Crippen molar-refractivity contribution in [3.8, 4) is 0 Å². The summed E-state index contributed by atoms with van der Waals surface area (Å²) in [6.07, 6.45) is 6.33. The second kappa shape index (κ2) is 6.01. The summed E-state index contributed by atoms with van der Waals surface area (Å²) in [7, 11) is 0. The van der Waals surface area contributed by atoms with Crippen molar-refractivity contribution in [3.05, 3.63) is 10.6 Å². The average molecular weight is 309 g/mol. The van der Waals surface area contributed by atoms with Crippen LogP contribution in [0.3, 0.4) is 0 Å². The van der Waals surface area contributed by atoms with Gasteiger partial charge in [0.25, 0.3) is 0 Å². The average Bonchev–Trinajstić information content (AvgIpc) is 3.18. The molecule has 2 amide bonds. The molecule has 2 aliphatic rings. The molecule has 1 atom stereocenters. The lowest BCUT2D eigenvalue weighted by molar-refractivity contribution is -0.137. The number of carboxylic acid groups (broad SMARTS) is 1. The smallest absolute Gasteiger partial charge is 0.321 e. The number of nitrogens with zero attached hydrogens (tertiary/aromatic N) is 1. The lowest BCUT2D eigenvalue weighted by Gasteiger charge is -2.15. The van der Waals surface area contributed by atoms with Crippen LogP contribution >= 0.6 is 11.3 Å². The molecule has 0 spiro atoms. The Hall–Kier alpha value is -1.63. The third-order valence-corrected chi connectivity index (χ3v) is 5.04. The van der Waals surface area contributed by atoms with Crippen molar-refractivity contribution in [2.75, 3.05) is 5.32 Å². The van der Waals surface area contributed by atoms with Crippen molar-refractivity contribution in [1.82, 2.24) is 10.3 Å². The number of rotatable bonds is 5. The molecule has 0 radical (unpaired) electrons. The van der Waals surface area contributed by atoms with E-state index >= 15 is 0 Å². The van der Waals surface area contributed by atoms with E-state index in [0.29, 0.717) is 11.0 Å². The molecule has 2 aliphatic carbocycles. The number of aliphatic carboxylic acids is 1. The summed E-state index contributed by atoms with van der Waals surface area (Å²) < 4.78 is 0. The van der Waals surface area contributed by atoms with E-state index in [4.69, 9.17) is 5.11 Å². The zero-order valence-corrected chi connectivity index (χ0v) is 12.5. The first kappa shape index (κ1) is 14.3. The van der Waals surface area contributed by atoms with Gasteiger partial charge in [0.2, 0.25) is 0 Å². The van der Waals surface area contributed by atoms with Gasteiger partial charge < -0.3 is 10.4 Å². The van der Waals surface area contributed by atoms with E-state index in [-0.39, 0.29) is 18.5 Å². The Morgan fingerprint density at radius 1 is 1.33 bits per heavy atom. The van der Waals surface area contributed by atoms with Crippen molar-refractivity contribution in [2.45, 2.75) is 51.0 Å². The molecule has 0 bridgehead atoms. The van der Waals surface area contributed by atoms with Gasteiger partial charge in [0.1, 0.15) is 0 Å². The van der Waals surface area contributed by atoms with Crippen molar-refractivity contribution < 1.29 is 14.7 Å². The van der Waals surface area contributed by atoms with Gasteiger partial charge in [0.05, 0.1) is 12.1 Å². The van der Waals surface area contributed by atoms with Crippen LogP contribution in [0.1, 0.15) is 42.7 Å². The van der Waals surface area contributed by atoms with Gasteiger partial charge in [-0.2, -0.15) is 0 Å². The number of urea groups is 1. The van der Waals surface area contributed by atoms with Gasteiger partial charge in [-0.25, -0.2) is 9.78 Å². The molecule has 1 heterocycles. The van der Waals surface area contributed by atoms with Crippen LogP contribution in [-0.2, 0) is 17.6 Å². The maximum absolute atomic E-state index is 12.0. The summed E-state index contributed by atoms with van der Waals surface area (Å²) >= 11 is 1.53. The van der Waals surface area contributed by atoms with Crippen LogP contribution in [0, 0.1) is 5.92 Å². The fraction of sp³-hybridized carbons (Fsp3) is 0.643. The van der Waals surface area contributed by atoms with Gasteiger partial charge in [-0.15, -0.1) is 11.3 Å². The summed E-state index contributed by atoms with van der Waals surface area (Å²) in [4.78, 5) is 28.5. The zero-order chi connectivity index (χ0) is 14.8. The fourth-order valence-electron chi connectivity index (χ4n) is 2.73. The first-order valence-corrected chi connectivity index (χ1v) is 8.21. The number of nitrogens with one attached hydrogen (secondary N) is 2. The summed E-state index contributed by atoms with van der Waals surface area (Å²) in [5.74, 6) is -0.576. The minimum Gasteiger partial charge on any atom is -0.481 e. The van der Waals surface area contributed by atoms with Gasteiger partial charge in [-0.05, 0) is 44.4 Å². The SMILES string of the molecule is O=C(O)CC(NC(=O)Nc1nc2c(s1)CCCC2)C1CC1. The van der Waals surface area contributed by atoms with E-state index in [1.165, 1.54) is 22.6 Å². The zero-order valence-electron chi connectivity index (χ0n) is 11.7. The number of carboxylic acids is 1. The molecule has 1 saturated carbocycles. The van der Waals surface area contributed by atoms with Crippen LogP contribution < -0.4 is 10.6 Å². The standard InChI is InChI=1S/C14H19N3O3S/c18-12(19)7-10(8-5-6-8)15-13(20)17-14-16-9-3-1-2-4-11(9)21-14/h8,10H,1-7H2,(H,18,19)(H2,15,16,17,20). The first-order valence-electron chi connectivity index (χ1n) is 7.39. The van der Waals surface area contributed by atoms with Crippen molar-refractivity contribution >= 4 is 28.5 Å². The molecule has 3 rings (SSSR count). The summed E-state index contributed by atoms with van der Waals surface area (Å²) in [5.41, 5.74) is 1.10. The van der Waals surface area contributed by atoms with E-state index in [0.717, 1.165) is 37.8 Å². The van der Waals surface area contributed by atoms with Crippen molar-refractivity contribution in [1.29, 1.82) is 0 Å². The number of aromatic nitrogens is 1. The Labute approximate surface area is 127 Å². The van der Waals surface area contributed by atoms with Crippen molar-refractivity contribution in [2.24, 2.45) is 5.92 Å². The molecule has 0 aromatic carbocycles. The summed E-state index contributed by atoms with van der Waals surface area (Å²) in [6, 6.07) is -0.628. The molecule has 1 unspecified atom stereocenters. The van der Waals surface area contributed by atoms with Crippen LogP contribution in [0.4, 0.5) is 9.93 Å².